The molecule has 2 N–H and O–H groups in total. The molecule has 1 unspecified atom stereocenters. The van der Waals surface area contributed by atoms with Gasteiger partial charge in [0.25, 0.3) is 5.69 Å². The van der Waals surface area contributed by atoms with E-state index >= 15 is 0 Å². The van der Waals surface area contributed by atoms with Crippen molar-refractivity contribution in [2.24, 2.45) is 5.41 Å². The summed E-state index contributed by atoms with van der Waals surface area (Å²) in [6.45, 7) is 4.56. The van der Waals surface area contributed by atoms with Gasteiger partial charge < -0.3 is 15.4 Å². The van der Waals surface area contributed by atoms with E-state index in [2.05, 4.69) is 17.6 Å². The Kier molecular flexibility index (Phi) is 4.62. The van der Waals surface area contributed by atoms with Crippen LogP contribution in [-0.4, -0.2) is 31.7 Å². The van der Waals surface area contributed by atoms with Gasteiger partial charge in [-0.2, -0.15) is 0 Å². The number of hydrogen-bond acceptors (Lipinski definition) is 5. The van der Waals surface area contributed by atoms with Crippen LogP contribution in [0.3, 0.4) is 0 Å². The maximum absolute atomic E-state index is 13.6. The van der Waals surface area contributed by atoms with Gasteiger partial charge in [-0.1, -0.05) is 6.92 Å². The van der Waals surface area contributed by atoms with Gasteiger partial charge >= 0.3 is 0 Å². The Morgan fingerprint density at radius 3 is 2.90 bits per heavy atom. The molecule has 0 radical (unpaired) electrons. The molecular formula is C14H20FN3O3. The minimum Gasteiger partial charge on any atom is -0.494 e. The zero-order chi connectivity index (χ0) is 15.5. The molecule has 116 valence electrons. The molecule has 0 aromatic heterocycles. The molecule has 1 saturated heterocycles. The summed E-state index contributed by atoms with van der Waals surface area (Å²) in [4.78, 5) is 10.5. The van der Waals surface area contributed by atoms with Crippen LogP contribution in [0.15, 0.2) is 12.1 Å². The number of ether oxygens (including phenoxy) is 1. The molecule has 1 aromatic rings. The standard InChI is InChI=1S/C14H20FN3O3/c1-14(4-3-5-16-8-14)9-17-11-7-13(21-2)10(15)6-12(11)18(19)20/h6-7,16-17H,3-5,8-9H2,1-2H3. The lowest BCUT2D eigenvalue weighted by molar-refractivity contribution is -0.384. The van der Waals surface area contributed by atoms with Crippen molar-refractivity contribution < 1.29 is 14.1 Å². The number of piperidine rings is 1. The molecular weight excluding hydrogens is 277 g/mol. The van der Waals surface area contributed by atoms with Crippen molar-refractivity contribution in [3.8, 4) is 5.75 Å². The van der Waals surface area contributed by atoms with Crippen molar-refractivity contribution in [3.63, 3.8) is 0 Å². The quantitative estimate of drug-likeness (QED) is 0.645. The molecule has 0 amide bonds. The van der Waals surface area contributed by atoms with Gasteiger partial charge in [0.2, 0.25) is 0 Å². The van der Waals surface area contributed by atoms with Gasteiger partial charge in [-0.3, -0.25) is 10.1 Å². The third-order valence-electron chi connectivity index (χ3n) is 3.86. The number of benzene rings is 1. The van der Waals surface area contributed by atoms with Crippen molar-refractivity contribution >= 4 is 11.4 Å². The van der Waals surface area contributed by atoms with E-state index in [4.69, 9.17) is 4.74 Å². The van der Waals surface area contributed by atoms with E-state index in [0.717, 1.165) is 32.0 Å². The lowest BCUT2D eigenvalue weighted by Gasteiger charge is -2.34. The number of nitro benzene ring substituents is 1. The van der Waals surface area contributed by atoms with Crippen LogP contribution < -0.4 is 15.4 Å². The molecule has 2 rings (SSSR count). The first-order chi connectivity index (χ1) is 9.95. The zero-order valence-corrected chi connectivity index (χ0v) is 12.2. The van der Waals surface area contributed by atoms with Crippen molar-refractivity contribution in [3.05, 3.63) is 28.1 Å². The molecule has 0 spiro atoms. The highest BCUT2D eigenvalue weighted by molar-refractivity contribution is 5.64. The van der Waals surface area contributed by atoms with Crippen molar-refractivity contribution in [1.29, 1.82) is 0 Å². The summed E-state index contributed by atoms with van der Waals surface area (Å²) in [5.41, 5.74) is 0.0269. The van der Waals surface area contributed by atoms with Gasteiger partial charge in [0.15, 0.2) is 11.6 Å². The van der Waals surface area contributed by atoms with Gasteiger partial charge in [0.1, 0.15) is 5.69 Å². The molecule has 7 heteroatoms. The van der Waals surface area contributed by atoms with Crippen molar-refractivity contribution in [2.75, 3.05) is 32.1 Å². The third kappa shape index (κ3) is 3.60. The number of anilines is 1. The minimum absolute atomic E-state index is 0.00461. The van der Waals surface area contributed by atoms with Crippen LogP contribution in [-0.2, 0) is 0 Å². The van der Waals surface area contributed by atoms with Crippen molar-refractivity contribution in [1.82, 2.24) is 5.32 Å². The number of methoxy groups -OCH3 is 1. The normalized spacial score (nSPS) is 21.9. The van der Waals surface area contributed by atoms with Crippen LogP contribution in [0.4, 0.5) is 15.8 Å². The summed E-state index contributed by atoms with van der Waals surface area (Å²) < 4.78 is 18.5. The lowest BCUT2D eigenvalue weighted by atomic mass is 9.83. The number of halogens is 1. The number of nitrogens with zero attached hydrogens (tertiary/aromatic N) is 1. The van der Waals surface area contributed by atoms with Gasteiger partial charge in [0, 0.05) is 19.2 Å². The predicted molar refractivity (Wildman–Crippen MR) is 78.3 cm³/mol. The molecule has 1 aliphatic rings. The van der Waals surface area contributed by atoms with Crippen LogP contribution in [0.2, 0.25) is 0 Å². The van der Waals surface area contributed by atoms with E-state index < -0.39 is 10.7 Å². The molecule has 1 atom stereocenters. The van der Waals surface area contributed by atoms with E-state index in [1.54, 1.807) is 0 Å². The Morgan fingerprint density at radius 2 is 2.33 bits per heavy atom. The summed E-state index contributed by atoms with van der Waals surface area (Å²) in [7, 11) is 1.33. The first-order valence-electron chi connectivity index (χ1n) is 6.92. The number of nitro groups is 1. The second-order valence-corrected chi connectivity index (χ2v) is 5.71. The molecule has 1 fully saturated rings. The first kappa shape index (κ1) is 15.5. The second-order valence-electron chi connectivity index (χ2n) is 5.71. The van der Waals surface area contributed by atoms with E-state index in [1.165, 1.54) is 13.2 Å². The minimum atomic E-state index is -0.736. The number of hydrogen-bond donors (Lipinski definition) is 2. The predicted octanol–water partition coefficient (Wildman–Crippen LogP) is 2.54. The van der Waals surface area contributed by atoms with Crippen LogP contribution in [0.5, 0.6) is 5.75 Å². The monoisotopic (exact) mass is 297 g/mol. The molecule has 6 nitrogen and oxygen atoms in total. The summed E-state index contributed by atoms with van der Waals surface area (Å²) in [6, 6.07) is 2.23. The third-order valence-corrected chi connectivity index (χ3v) is 3.86. The highest BCUT2D eigenvalue weighted by Crippen LogP contribution is 2.33. The average molecular weight is 297 g/mol. The summed E-state index contributed by atoms with van der Waals surface area (Å²) in [6.07, 6.45) is 2.12. The summed E-state index contributed by atoms with van der Waals surface area (Å²) >= 11 is 0. The van der Waals surface area contributed by atoms with Gasteiger partial charge in [-0.15, -0.1) is 0 Å². The maximum atomic E-state index is 13.6. The van der Waals surface area contributed by atoms with Crippen LogP contribution in [0.25, 0.3) is 0 Å². The smallest absolute Gasteiger partial charge is 0.295 e. The van der Waals surface area contributed by atoms with E-state index in [9.17, 15) is 14.5 Å². The van der Waals surface area contributed by atoms with E-state index in [1.807, 2.05) is 0 Å². The first-order valence-corrected chi connectivity index (χ1v) is 6.92. The zero-order valence-electron chi connectivity index (χ0n) is 12.2. The van der Waals surface area contributed by atoms with Crippen LogP contribution >= 0.6 is 0 Å². The Hall–Kier alpha value is -1.89. The van der Waals surface area contributed by atoms with Crippen LogP contribution in [0.1, 0.15) is 19.8 Å². The molecule has 0 saturated carbocycles. The largest absolute Gasteiger partial charge is 0.494 e. The van der Waals surface area contributed by atoms with Crippen molar-refractivity contribution in [2.45, 2.75) is 19.8 Å². The Morgan fingerprint density at radius 1 is 1.57 bits per heavy atom. The number of rotatable bonds is 5. The highest BCUT2D eigenvalue weighted by atomic mass is 19.1. The summed E-state index contributed by atoms with van der Waals surface area (Å²) in [5, 5.41) is 17.5. The molecule has 1 aliphatic heterocycles. The number of nitrogens with one attached hydrogen (secondary N) is 2. The Labute approximate surface area is 122 Å². The fourth-order valence-electron chi connectivity index (χ4n) is 2.57. The van der Waals surface area contributed by atoms with E-state index in [-0.39, 0.29) is 22.5 Å². The maximum Gasteiger partial charge on any atom is 0.295 e. The lowest BCUT2D eigenvalue weighted by Crippen LogP contribution is -2.42. The molecule has 0 aliphatic carbocycles. The Balaban J connectivity index is 2.19. The van der Waals surface area contributed by atoms with Gasteiger partial charge in [0.05, 0.1) is 18.1 Å². The molecule has 0 bridgehead atoms. The SMILES string of the molecule is COc1cc(NCC2(C)CCCNC2)c([N+](=O)[O-])cc1F. The van der Waals surface area contributed by atoms with Gasteiger partial charge in [-0.25, -0.2) is 4.39 Å². The highest BCUT2D eigenvalue weighted by Gasteiger charge is 2.28. The fourth-order valence-corrected chi connectivity index (χ4v) is 2.57. The topological polar surface area (TPSA) is 76.4 Å². The Bertz CT molecular complexity index is 530. The van der Waals surface area contributed by atoms with Crippen LogP contribution in [0, 0.1) is 21.3 Å². The molecule has 1 heterocycles. The second kappa shape index (κ2) is 6.26. The van der Waals surface area contributed by atoms with E-state index in [0.29, 0.717) is 6.54 Å². The fraction of sp³-hybridized carbons (Fsp3) is 0.571. The summed E-state index contributed by atoms with van der Waals surface area (Å²) in [5.74, 6) is -0.740. The average Bonchev–Trinajstić information content (AvgIpc) is 2.46. The molecule has 1 aromatic carbocycles. The molecule has 21 heavy (non-hydrogen) atoms. The van der Waals surface area contributed by atoms with Gasteiger partial charge in [-0.05, 0) is 24.8 Å².